The van der Waals surface area contributed by atoms with Gasteiger partial charge in [0.15, 0.2) is 0 Å². The van der Waals surface area contributed by atoms with E-state index in [1.54, 1.807) is 0 Å². The maximum atomic E-state index is 9.52. The maximum absolute atomic E-state index is 9.52. The lowest BCUT2D eigenvalue weighted by molar-refractivity contribution is 0.248. The van der Waals surface area contributed by atoms with Gasteiger partial charge < -0.3 is 15.2 Å². The molecule has 0 amide bonds. The molecular weight excluding hydrogens is 285 g/mol. The molecule has 0 aliphatic carbocycles. The fraction of sp³-hybridized carbons (Fsp3) is 0.500. The number of anilines is 1. The Hall–Kier alpha value is -0.0600. The van der Waals surface area contributed by atoms with Crippen molar-refractivity contribution in [2.24, 2.45) is 0 Å². The van der Waals surface area contributed by atoms with Gasteiger partial charge in [-0.25, -0.2) is 0 Å². The zero-order chi connectivity index (χ0) is 14.2. The molecule has 0 aromatic heterocycles. The van der Waals surface area contributed by atoms with Crippen molar-refractivity contribution in [3.63, 3.8) is 0 Å². The number of rotatable bonds is 4. The van der Waals surface area contributed by atoms with E-state index in [0.717, 1.165) is 5.69 Å². The summed E-state index contributed by atoms with van der Waals surface area (Å²) < 4.78 is 5.19. The van der Waals surface area contributed by atoms with Crippen molar-refractivity contribution >= 4 is 34.6 Å². The van der Waals surface area contributed by atoms with Crippen molar-refractivity contribution in [1.82, 2.24) is 0 Å². The molecular formula is C12H22NO2PS2. The van der Waals surface area contributed by atoms with Crippen molar-refractivity contribution in [2.75, 3.05) is 5.73 Å². The highest BCUT2D eigenvalue weighted by atomic mass is 32.9. The van der Waals surface area contributed by atoms with Gasteiger partial charge in [-0.3, -0.25) is 0 Å². The van der Waals surface area contributed by atoms with Crippen LogP contribution in [0.15, 0.2) is 30.3 Å². The number of nitrogens with two attached hydrogens (primary N) is 1. The molecule has 0 saturated carbocycles. The third-order valence-corrected chi connectivity index (χ3v) is 6.22. The van der Waals surface area contributed by atoms with Gasteiger partial charge >= 0.3 is 0 Å². The number of benzene rings is 1. The first-order chi connectivity index (χ1) is 8.23. The summed E-state index contributed by atoms with van der Waals surface area (Å²) in [5.41, 5.74) is 3.62. The summed E-state index contributed by atoms with van der Waals surface area (Å²) in [6.07, 6.45) is 0.0112. The smallest absolute Gasteiger partial charge is 0.245 e. The van der Waals surface area contributed by atoms with E-state index in [1.165, 1.54) is 11.4 Å². The Balaban J connectivity index is 0.000000351. The number of para-hydroxylation sites is 1. The van der Waals surface area contributed by atoms with E-state index in [2.05, 4.69) is 0 Å². The van der Waals surface area contributed by atoms with Gasteiger partial charge in [-0.2, -0.15) is 0 Å². The molecule has 0 fully saturated rings. The first-order valence-corrected chi connectivity index (χ1v) is 9.89. The molecule has 1 atom stereocenters. The number of nitrogen functional groups attached to an aromatic ring is 1. The van der Waals surface area contributed by atoms with Crippen molar-refractivity contribution in [3.05, 3.63) is 30.3 Å². The van der Waals surface area contributed by atoms with Gasteiger partial charge in [0.1, 0.15) is 0 Å². The van der Waals surface area contributed by atoms with Gasteiger partial charge in [0.2, 0.25) is 5.69 Å². The molecule has 0 radical (unpaired) electrons. The molecule has 0 heterocycles. The Morgan fingerprint density at radius 3 is 2.00 bits per heavy atom. The zero-order valence-corrected chi connectivity index (χ0v) is 13.8. The SMILES string of the molecule is CC(C)OP(O)(=S)SC(C)C.Nc1ccccc1. The first-order valence-electron chi connectivity index (χ1n) is 5.73. The second kappa shape index (κ2) is 8.94. The fourth-order valence-electron chi connectivity index (χ4n) is 1.01. The molecule has 104 valence electrons. The van der Waals surface area contributed by atoms with Crippen LogP contribution in [0.25, 0.3) is 0 Å². The van der Waals surface area contributed by atoms with Crippen LogP contribution in [0.5, 0.6) is 0 Å². The average molecular weight is 307 g/mol. The molecule has 0 saturated heterocycles. The molecule has 0 spiro atoms. The molecule has 1 rings (SSSR count). The Bertz CT molecular complexity index is 358. The predicted octanol–water partition coefficient (Wildman–Crippen LogP) is 4.04. The Kier molecular flexibility index (Phi) is 8.91. The summed E-state index contributed by atoms with van der Waals surface area (Å²) in [6.45, 7) is 7.73. The maximum Gasteiger partial charge on any atom is 0.245 e. The lowest BCUT2D eigenvalue weighted by Crippen LogP contribution is -1.99. The van der Waals surface area contributed by atoms with Gasteiger partial charge in [-0.15, -0.1) is 0 Å². The van der Waals surface area contributed by atoms with E-state index >= 15 is 0 Å². The molecule has 3 N–H and O–H groups in total. The molecule has 18 heavy (non-hydrogen) atoms. The monoisotopic (exact) mass is 307 g/mol. The van der Waals surface area contributed by atoms with Crippen LogP contribution in [0.1, 0.15) is 27.7 Å². The second-order valence-corrected chi connectivity index (χ2v) is 10.8. The van der Waals surface area contributed by atoms with Gasteiger partial charge in [0.25, 0.3) is 0 Å². The highest BCUT2D eigenvalue weighted by Gasteiger charge is 2.17. The molecule has 1 aromatic rings. The summed E-state index contributed by atoms with van der Waals surface area (Å²) in [6, 6.07) is 9.49. The summed E-state index contributed by atoms with van der Waals surface area (Å²) in [7, 11) is 0. The highest BCUT2D eigenvalue weighted by molar-refractivity contribution is 8.67. The molecule has 1 unspecified atom stereocenters. The minimum absolute atomic E-state index is 0.0112. The molecule has 3 nitrogen and oxygen atoms in total. The van der Waals surface area contributed by atoms with Crippen LogP contribution < -0.4 is 5.73 Å². The van der Waals surface area contributed by atoms with Gasteiger partial charge in [0.05, 0.1) is 6.10 Å². The topological polar surface area (TPSA) is 55.5 Å². The van der Waals surface area contributed by atoms with Crippen molar-refractivity contribution < 1.29 is 9.42 Å². The van der Waals surface area contributed by atoms with Crippen molar-refractivity contribution in [3.8, 4) is 0 Å². The summed E-state index contributed by atoms with van der Waals surface area (Å²) in [5, 5.41) is 0.324. The van der Waals surface area contributed by atoms with Crippen LogP contribution in [-0.4, -0.2) is 16.2 Å². The van der Waals surface area contributed by atoms with Crippen molar-refractivity contribution in [2.45, 2.75) is 39.0 Å². The Morgan fingerprint density at radius 2 is 1.72 bits per heavy atom. The van der Waals surface area contributed by atoms with Gasteiger partial charge in [0, 0.05) is 10.9 Å². The molecule has 1 aromatic carbocycles. The quantitative estimate of drug-likeness (QED) is 0.649. The van der Waals surface area contributed by atoms with Crippen molar-refractivity contribution in [1.29, 1.82) is 0 Å². The Morgan fingerprint density at radius 1 is 1.22 bits per heavy atom. The van der Waals surface area contributed by atoms with E-state index in [0.29, 0.717) is 5.25 Å². The van der Waals surface area contributed by atoms with Crippen LogP contribution in [0, 0.1) is 0 Å². The first kappa shape index (κ1) is 17.9. The standard InChI is InChI=1S/C6H7N.C6H15O2PS2/c7-6-4-2-1-3-5-6;1-5(2)8-9(7,10)11-6(3)4/h1-5H,7H2;5-6H,1-4H3,(H,7,10). The molecule has 0 aliphatic rings. The predicted molar refractivity (Wildman–Crippen MR) is 86.3 cm³/mol. The number of hydrogen-bond donors (Lipinski definition) is 2. The zero-order valence-electron chi connectivity index (χ0n) is 11.2. The van der Waals surface area contributed by atoms with E-state index < -0.39 is 5.69 Å². The third-order valence-electron chi connectivity index (χ3n) is 1.49. The highest BCUT2D eigenvalue weighted by Crippen LogP contribution is 2.58. The van der Waals surface area contributed by atoms with Gasteiger partial charge in [-0.05, 0) is 37.8 Å². The van der Waals surface area contributed by atoms with Crippen LogP contribution in [-0.2, 0) is 16.3 Å². The van der Waals surface area contributed by atoms with Crippen LogP contribution in [0.2, 0.25) is 0 Å². The lowest BCUT2D eigenvalue weighted by Gasteiger charge is -2.18. The molecule has 0 bridgehead atoms. The largest absolute Gasteiger partial charge is 0.399 e. The normalized spacial score (nSPS) is 13.9. The van der Waals surface area contributed by atoms with E-state index in [9.17, 15) is 4.89 Å². The average Bonchev–Trinajstić information content (AvgIpc) is 2.14. The Labute approximate surface area is 119 Å². The summed E-state index contributed by atoms with van der Waals surface area (Å²) in [5.74, 6) is 0. The summed E-state index contributed by atoms with van der Waals surface area (Å²) >= 11 is 6.25. The second-order valence-electron chi connectivity index (χ2n) is 4.19. The summed E-state index contributed by atoms with van der Waals surface area (Å²) in [4.78, 5) is 9.52. The van der Waals surface area contributed by atoms with E-state index in [-0.39, 0.29) is 6.10 Å². The minimum Gasteiger partial charge on any atom is -0.399 e. The van der Waals surface area contributed by atoms with Crippen LogP contribution in [0.4, 0.5) is 5.69 Å². The molecule has 0 aliphatic heterocycles. The van der Waals surface area contributed by atoms with Crippen LogP contribution >= 0.6 is 17.1 Å². The number of hydrogen-bond acceptors (Lipinski definition) is 4. The third kappa shape index (κ3) is 11.1. The molecule has 6 heteroatoms. The van der Waals surface area contributed by atoms with Crippen LogP contribution in [0.3, 0.4) is 0 Å². The lowest BCUT2D eigenvalue weighted by atomic mass is 10.3. The van der Waals surface area contributed by atoms with E-state index in [1.807, 2.05) is 58.0 Å². The minimum atomic E-state index is -2.55. The van der Waals surface area contributed by atoms with Gasteiger partial charge in [-0.1, -0.05) is 43.4 Å². The fourth-order valence-corrected chi connectivity index (χ4v) is 6.46. The van der Waals surface area contributed by atoms with E-state index in [4.69, 9.17) is 22.1 Å².